The third-order valence-corrected chi connectivity index (χ3v) is 5.57. The van der Waals surface area contributed by atoms with Crippen LogP contribution in [0.2, 0.25) is 0 Å². The molecule has 0 saturated heterocycles. The first-order valence-corrected chi connectivity index (χ1v) is 12.5. The average molecular weight is 510 g/mol. The van der Waals surface area contributed by atoms with Crippen molar-refractivity contribution in [3.05, 3.63) is 35.9 Å². The van der Waals surface area contributed by atoms with Crippen LogP contribution in [0, 0.1) is 0 Å². The molecule has 0 fully saturated rings. The number of carbonyl (C=O) groups is 4. The number of carboxylic acid groups (broad SMARTS) is 1. The predicted octanol–water partition coefficient (Wildman–Crippen LogP) is -1.47. The molecule has 1 aromatic carbocycles. The highest BCUT2D eigenvalue weighted by atomic mass is 32.2. The molecule has 35 heavy (non-hydrogen) atoms. The number of thioether (sulfide) groups is 1. The van der Waals surface area contributed by atoms with E-state index in [2.05, 4.69) is 20.9 Å². The van der Waals surface area contributed by atoms with Gasteiger partial charge in [-0.15, -0.1) is 0 Å². The summed E-state index contributed by atoms with van der Waals surface area (Å²) in [4.78, 5) is 53.4. The van der Waals surface area contributed by atoms with Crippen molar-refractivity contribution >= 4 is 41.4 Å². The lowest BCUT2D eigenvalue weighted by Gasteiger charge is -2.24. The molecule has 1 aromatic rings. The highest BCUT2D eigenvalue weighted by Gasteiger charge is 2.29. The summed E-state index contributed by atoms with van der Waals surface area (Å²) >= 11 is 1.47. The Bertz CT molecular complexity index is 865. The Hall–Kier alpha value is -3.32. The summed E-state index contributed by atoms with van der Waals surface area (Å²) in [5.41, 5.74) is 16.7. The van der Waals surface area contributed by atoms with Crippen LogP contribution in [0.25, 0.3) is 0 Å². The van der Waals surface area contributed by atoms with Gasteiger partial charge in [0.1, 0.15) is 18.1 Å². The lowest BCUT2D eigenvalue weighted by molar-refractivity contribution is -0.142. The van der Waals surface area contributed by atoms with Crippen LogP contribution in [0.5, 0.6) is 0 Å². The van der Waals surface area contributed by atoms with Gasteiger partial charge in [-0.25, -0.2) is 4.79 Å². The van der Waals surface area contributed by atoms with Crippen LogP contribution in [0.1, 0.15) is 24.8 Å². The number of carbonyl (C=O) groups excluding carboxylic acids is 3. The second-order valence-electron chi connectivity index (χ2n) is 7.70. The van der Waals surface area contributed by atoms with Crippen LogP contribution >= 0.6 is 11.8 Å². The number of carboxylic acids is 1. The van der Waals surface area contributed by atoms with Crippen molar-refractivity contribution in [1.82, 2.24) is 16.0 Å². The second-order valence-corrected chi connectivity index (χ2v) is 8.69. The molecule has 194 valence electrons. The zero-order valence-electron chi connectivity index (χ0n) is 19.7. The minimum absolute atomic E-state index is 0.0884. The molecule has 3 amide bonds. The number of nitrogens with one attached hydrogen (secondary N) is 3. The van der Waals surface area contributed by atoms with E-state index in [0.717, 1.165) is 5.56 Å². The lowest BCUT2D eigenvalue weighted by Crippen LogP contribution is -2.56. The van der Waals surface area contributed by atoms with Crippen LogP contribution in [0.4, 0.5) is 0 Å². The Balaban J connectivity index is 2.92. The van der Waals surface area contributed by atoms with Gasteiger partial charge in [0, 0.05) is 13.0 Å². The van der Waals surface area contributed by atoms with Crippen LogP contribution in [-0.2, 0) is 25.6 Å². The van der Waals surface area contributed by atoms with Crippen molar-refractivity contribution in [2.24, 2.45) is 22.2 Å². The SMILES string of the molecule is CSCCC(NC(=O)C(CCCN=C(N)N)NC(=O)CN)C(=O)NC(Cc1ccccc1)C(=O)O. The van der Waals surface area contributed by atoms with Gasteiger partial charge in [0.25, 0.3) is 0 Å². The van der Waals surface area contributed by atoms with Crippen LogP contribution in [-0.4, -0.2) is 78.0 Å². The van der Waals surface area contributed by atoms with Crippen molar-refractivity contribution in [1.29, 1.82) is 0 Å². The number of guanidine groups is 1. The Morgan fingerprint density at radius 3 is 2.11 bits per heavy atom. The van der Waals surface area contributed by atoms with E-state index in [1.807, 2.05) is 12.3 Å². The molecule has 0 aliphatic rings. The van der Waals surface area contributed by atoms with E-state index < -0.39 is 41.8 Å². The fourth-order valence-corrected chi connectivity index (χ4v) is 3.60. The Kier molecular flexibility index (Phi) is 13.9. The molecule has 3 atom stereocenters. The topological polar surface area (TPSA) is 215 Å². The third kappa shape index (κ3) is 12.1. The van der Waals surface area contributed by atoms with E-state index in [0.29, 0.717) is 12.2 Å². The molecular weight excluding hydrogens is 474 g/mol. The van der Waals surface area contributed by atoms with Gasteiger partial charge < -0.3 is 38.3 Å². The monoisotopic (exact) mass is 509 g/mol. The molecule has 12 nitrogen and oxygen atoms in total. The number of hydrogen-bond donors (Lipinski definition) is 7. The van der Waals surface area contributed by atoms with Gasteiger partial charge in [0.15, 0.2) is 5.96 Å². The summed E-state index contributed by atoms with van der Waals surface area (Å²) in [6, 6.07) is 5.76. The van der Waals surface area contributed by atoms with Crippen molar-refractivity contribution in [3.8, 4) is 0 Å². The van der Waals surface area contributed by atoms with Crippen LogP contribution in [0.3, 0.4) is 0 Å². The summed E-state index contributed by atoms with van der Waals surface area (Å²) < 4.78 is 0. The maximum Gasteiger partial charge on any atom is 0.326 e. The average Bonchev–Trinajstić information content (AvgIpc) is 2.83. The van der Waals surface area contributed by atoms with Crippen molar-refractivity contribution in [3.63, 3.8) is 0 Å². The molecule has 13 heteroatoms. The molecule has 0 saturated carbocycles. The van der Waals surface area contributed by atoms with E-state index in [4.69, 9.17) is 17.2 Å². The van der Waals surface area contributed by atoms with Gasteiger partial charge in [0.2, 0.25) is 17.7 Å². The molecular formula is C22H35N7O5S. The Labute approximate surface area is 208 Å². The first-order chi connectivity index (χ1) is 16.7. The van der Waals surface area contributed by atoms with Gasteiger partial charge in [0.05, 0.1) is 6.54 Å². The van der Waals surface area contributed by atoms with E-state index in [-0.39, 0.29) is 38.3 Å². The zero-order chi connectivity index (χ0) is 26.2. The first kappa shape index (κ1) is 29.7. The summed E-state index contributed by atoms with van der Waals surface area (Å²) in [5, 5.41) is 17.3. The third-order valence-electron chi connectivity index (χ3n) is 4.92. The molecule has 0 spiro atoms. The summed E-state index contributed by atoms with van der Waals surface area (Å²) in [6.45, 7) is -0.0609. The number of aliphatic carboxylic acids is 1. The van der Waals surface area contributed by atoms with Gasteiger partial charge in [-0.1, -0.05) is 30.3 Å². The van der Waals surface area contributed by atoms with Crippen molar-refractivity contribution < 1.29 is 24.3 Å². The number of amides is 3. The van der Waals surface area contributed by atoms with Gasteiger partial charge in [-0.3, -0.25) is 19.4 Å². The number of benzene rings is 1. The summed E-state index contributed by atoms with van der Waals surface area (Å²) in [5.74, 6) is -2.49. The smallest absolute Gasteiger partial charge is 0.326 e. The predicted molar refractivity (Wildman–Crippen MR) is 136 cm³/mol. The highest BCUT2D eigenvalue weighted by Crippen LogP contribution is 2.07. The minimum Gasteiger partial charge on any atom is -0.480 e. The normalized spacial score (nSPS) is 13.1. The highest BCUT2D eigenvalue weighted by molar-refractivity contribution is 7.98. The second kappa shape index (κ2) is 16.3. The fourth-order valence-electron chi connectivity index (χ4n) is 3.12. The maximum atomic E-state index is 13.0. The number of aliphatic imine (C=N–C) groups is 1. The van der Waals surface area contributed by atoms with E-state index in [9.17, 15) is 24.3 Å². The van der Waals surface area contributed by atoms with Crippen LogP contribution in [0.15, 0.2) is 35.3 Å². The van der Waals surface area contributed by atoms with Crippen LogP contribution < -0.4 is 33.2 Å². The van der Waals surface area contributed by atoms with Gasteiger partial charge in [-0.2, -0.15) is 11.8 Å². The van der Waals surface area contributed by atoms with E-state index in [1.165, 1.54) is 11.8 Å². The number of nitrogens with two attached hydrogens (primary N) is 3. The Morgan fingerprint density at radius 2 is 1.57 bits per heavy atom. The minimum atomic E-state index is -1.19. The summed E-state index contributed by atoms with van der Waals surface area (Å²) in [7, 11) is 0. The van der Waals surface area contributed by atoms with E-state index in [1.54, 1.807) is 24.3 Å². The lowest BCUT2D eigenvalue weighted by atomic mass is 10.0. The summed E-state index contributed by atoms with van der Waals surface area (Å²) in [6.07, 6.45) is 2.80. The molecule has 0 aliphatic heterocycles. The molecule has 0 aromatic heterocycles. The standard InChI is InChI=1S/C22H35N7O5S/c1-35-11-9-16(20(32)29-17(21(33)34)12-14-6-3-2-4-7-14)28-19(31)15(27-18(30)13-23)8-5-10-26-22(24)25/h2-4,6-7,15-17H,5,8-13,23H2,1H3,(H,27,30)(H,28,31)(H,29,32)(H,33,34)(H4,24,25,26). The fraction of sp³-hybridized carbons (Fsp3) is 0.500. The number of rotatable bonds is 16. The zero-order valence-corrected chi connectivity index (χ0v) is 20.6. The molecule has 10 N–H and O–H groups in total. The van der Waals surface area contributed by atoms with Gasteiger partial charge >= 0.3 is 5.97 Å². The molecule has 0 aliphatic carbocycles. The largest absolute Gasteiger partial charge is 0.480 e. The molecule has 0 bridgehead atoms. The van der Waals surface area contributed by atoms with E-state index >= 15 is 0 Å². The van der Waals surface area contributed by atoms with Gasteiger partial charge in [-0.05, 0) is 36.8 Å². The number of hydrogen-bond acceptors (Lipinski definition) is 7. The van der Waals surface area contributed by atoms with Crippen molar-refractivity contribution in [2.45, 2.75) is 43.8 Å². The Morgan fingerprint density at radius 1 is 0.971 bits per heavy atom. The quantitative estimate of drug-likeness (QED) is 0.0785. The maximum absolute atomic E-state index is 13.0. The van der Waals surface area contributed by atoms with Crippen molar-refractivity contribution in [2.75, 3.05) is 25.1 Å². The first-order valence-electron chi connectivity index (χ1n) is 11.1. The molecule has 0 radical (unpaired) electrons. The molecule has 1 rings (SSSR count). The molecule has 3 unspecified atom stereocenters. The molecule has 0 heterocycles. The number of nitrogens with zero attached hydrogens (tertiary/aromatic N) is 1.